The maximum Gasteiger partial charge on any atom is 0.0924 e. The highest BCUT2D eigenvalue weighted by molar-refractivity contribution is 9.10. The summed E-state index contributed by atoms with van der Waals surface area (Å²) in [6.45, 7) is 0. The van der Waals surface area contributed by atoms with Crippen LogP contribution in [0.25, 0.3) is 10.9 Å². The standard InChI is InChI=1S/C12H11BrClN3/c13-7-3-4-8(14)12-11(7)10(17-15)5-9(16-12)6-1-2-6/h3-6H,1-2,15H2,(H,16,17). The normalized spacial score (nSPS) is 15.2. The van der Waals surface area contributed by atoms with Crippen LogP contribution in [0.3, 0.4) is 0 Å². The van der Waals surface area contributed by atoms with Gasteiger partial charge in [-0.3, -0.25) is 10.8 Å². The zero-order chi connectivity index (χ0) is 12.0. The molecule has 1 saturated carbocycles. The molecule has 88 valence electrons. The molecule has 0 unspecified atom stereocenters. The van der Waals surface area contributed by atoms with Gasteiger partial charge in [-0.25, -0.2) is 0 Å². The number of nitrogens with two attached hydrogens (primary N) is 1. The second kappa shape index (κ2) is 4.12. The van der Waals surface area contributed by atoms with E-state index in [1.54, 1.807) is 0 Å². The zero-order valence-corrected chi connectivity index (χ0v) is 11.3. The highest BCUT2D eigenvalue weighted by Gasteiger charge is 2.26. The minimum absolute atomic E-state index is 0.571. The molecule has 3 nitrogen and oxygen atoms in total. The first kappa shape index (κ1) is 11.3. The number of anilines is 1. The minimum atomic E-state index is 0.571. The van der Waals surface area contributed by atoms with Crippen molar-refractivity contribution in [1.82, 2.24) is 4.98 Å². The van der Waals surface area contributed by atoms with Crippen molar-refractivity contribution in [3.63, 3.8) is 0 Å². The molecule has 2 aromatic rings. The average Bonchev–Trinajstić information content (AvgIpc) is 3.16. The Bertz CT molecular complexity index is 596. The molecule has 17 heavy (non-hydrogen) atoms. The van der Waals surface area contributed by atoms with E-state index in [4.69, 9.17) is 17.4 Å². The van der Waals surface area contributed by atoms with E-state index in [2.05, 4.69) is 26.3 Å². The summed E-state index contributed by atoms with van der Waals surface area (Å²) in [6, 6.07) is 5.77. The summed E-state index contributed by atoms with van der Waals surface area (Å²) in [5, 5.41) is 1.59. The Morgan fingerprint density at radius 3 is 2.82 bits per heavy atom. The van der Waals surface area contributed by atoms with Crippen molar-refractivity contribution in [3.8, 4) is 0 Å². The average molecular weight is 313 g/mol. The number of hydrazine groups is 1. The van der Waals surface area contributed by atoms with Gasteiger partial charge < -0.3 is 5.43 Å². The molecule has 1 aliphatic carbocycles. The van der Waals surface area contributed by atoms with E-state index in [1.165, 1.54) is 12.8 Å². The van der Waals surface area contributed by atoms with Crippen molar-refractivity contribution in [3.05, 3.63) is 33.4 Å². The lowest BCUT2D eigenvalue weighted by Crippen LogP contribution is -2.08. The topological polar surface area (TPSA) is 50.9 Å². The third-order valence-corrected chi connectivity index (χ3v) is 4.00. The number of halogens is 2. The van der Waals surface area contributed by atoms with E-state index < -0.39 is 0 Å². The fraction of sp³-hybridized carbons (Fsp3) is 0.250. The Labute approximate surface area is 112 Å². The number of nitrogen functional groups attached to an aromatic ring is 1. The number of hydrogen-bond acceptors (Lipinski definition) is 3. The predicted octanol–water partition coefficient (Wildman–Crippen LogP) is 3.81. The first-order chi connectivity index (χ1) is 8.20. The molecule has 1 aromatic carbocycles. The molecule has 0 saturated heterocycles. The van der Waals surface area contributed by atoms with E-state index in [-0.39, 0.29) is 0 Å². The van der Waals surface area contributed by atoms with Crippen LogP contribution in [0.4, 0.5) is 5.69 Å². The second-order valence-electron chi connectivity index (χ2n) is 4.27. The number of benzene rings is 1. The fourth-order valence-electron chi connectivity index (χ4n) is 1.99. The number of aromatic nitrogens is 1. The molecule has 1 aromatic heterocycles. The molecule has 3 rings (SSSR count). The smallest absolute Gasteiger partial charge is 0.0924 e. The van der Waals surface area contributed by atoms with Crippen molar-refractivity contribution >= 4 is 44.1 Å². The van der Waals surface area contributed by atoms with Gasteiger partial charge in [-0.1, -0.05) is 27.5 Å². The van der Waals surface area contributed by atoms with Crippen LogP contribution in [0.2, 0.25) is 5.02 Å². The Kier molecular flexibility index (Phi) is 2.73. The van der Waals surface area contributed by atoms with Crippen LogP contribution in [0.5, 0.6) is 0 Å². The Morgan fingerprint density at radius 2 is 2.18 bits per heavy atom. The maximum atomic E-state index is 6.20. The van der Waals surface area contributed by atoms with Gasteiger partial charge in [-0.05, 0) is 31.0 Å². The molecule has 1 heterocycles. The summed E-state index contributed by atoms with van der Waals surface area (Å²) < 4.78 is 0.944. The lowest BCUT2D eigenvalue weighted by atomic mass is 10.1. The summed E-state index contributed by atoms with van der Waals surface area (Å²) in [4.78, 5) is 4.65. The number of fused-ring (bicyclic) bond motifs is 1. The highest BCUT2D eigenvalue weighted by atomic mass is 79.9. The van der Waals surface area contributed by atoms with Gasteiger partial charge in [0, 0.05) is 21.5 Å². The van der Waals surface area contributed by atoms with Crippen LogP contribution in [-0.2, 0) is 0 Å². The van der Waals surface area contributed by atoms with Crippen LogP contribution in [0.1, 0.15) is 24.5 Å². The summed E-state index contributed by atoms with van der Waals surface area (Å²) in [6.07, 6.45) is 2.41. The largest absolute Gasteiger partial charge is 0.323 e. The van der Waals surface area contributed by atoms with Crippen molar-refractivity contribution in [2.45, 2.75) is 18.8 Å². The van der Waals surface area contributed by atoms with Gasteiger partial charge in [0.2, 0.25) is 0 Å². The van der Waals surface area contributed by atoms with Crippen LogP contribution < -0.4 is 11.3 Å². The third kappa shape index (κ3) is 1.90. The molecular formula is C12H11BrClN3. The van der Waals surface area contributed by atoms with Crippen molar-refractivity contribution < 1.29 is 0 Å². The van der Waals surface area contributed by atoms with E-state index in [1.807, 2.05) is 18.2 Å². The minimum Gasteiger partial charge on any atom is -0.323 e. The van der Waals surface area contributed by atoms with Crippen LogP contribution in [0.15, 0.2) is 22.7 Å². The molecule has 0 spiro atoms. The number of nitrogens with one attached hydrogen (secondary N) is 1. The van der Waals surface area contributed by atoms with E-state index in [0.717, 1.165) is 26.8 Å². The van der Waals surface area contributed by atoms with Gasteiger partial charge >= 0.3 is 0 Å². The molecule has 3 N–H and O–H groups in total. The van der Waals surface area contributed by atoms with Gasteiger partial charge in [0.05, 0.1) is 16.2 Å². The molecular weight excluding hydrogens is 302 g/mol. The molecule has 1 aliphatic rings. The van der Waals surface area contributed by atoms with Crippen molar-refractivity contribution in [2.24, 2.45) is 5.84 Å². The summed E-state index contributed by atoms with van der Waals surface area (Å²) in [5.41, 5.74) is 5.48. The monoisotopic (exact) mass is 311 g/mol. The van der Waals surface area contributed by atoms with Crippen LogP contribution in [-0.4, -0.2) is 4.98 Å². The molecule has 0 radical (unpaired) electrons. The molecule has 0 amide bonds. The lowest BCUT2D eigenvalue weighted by Gasteiger charge is -2.11. The molecule has 0 atom stereocenters. The fourth-order valence-corrected chi connectivity index (χ4v) is 2.72. The summed E-state index contributed by atoms with van der Waals surface area (Å²) >= 11 is 9.71. The quantitative estimate of drug-likeness (QED) is 0.655. The molecule has 5 heteroatoms. The van der Waals surface area contributed by atoms with Gasteiger partial charge in [0.25, 0.3) is 0 Å². The third-order valence-electron chi connectivity index (χ3n) is 3.03. The summed E-state index contributed by atoms with van der Waals surface area (Å²) in [7, 11) is 0. The molecule has 1 fully saturated rings. The van der Waals surface area contributed by atoms with Gasteiger partial charge in [-0.2, -0.15) is 0 Å². The van der Waals surface area contributed by atoms with Gasteiger partial charge in [0.15, 0.2) is 0 Å². The Hall–Kier alpha value is -0.840. The van der Waals surface area contributed by atoms with Gasteiger partial charge in [0.1, 0.15) is 0 Å². The SMILES string of the molecule is NNc1cc(C2CC2)nc2c(Cl)ccc(Br)c12. The van der Waals surface area contributed by atoms with Crippen LogP contribution in [0, 0.1) is 0 Å². The van der Waals surface area contributed by atoms with E-state index in [9.17, 15) is 0 Å². The van der Waals surface area contributed by atoms with Gasteiger partial charge in [-0.15, -0.1) is 0 Å². The predicted molar refractivity (Wildman–Crippen MR) is 74.2 cm³/mol. The number of hydrogen-bond donors (Lipinski definition) is 2. The number of nitrogens with zero attached hydrogens (tertiary/aromatic N) is 1. The zero-order valence-electron chi connectivity index (χ0n) is 9.00. The number of pyridine rings is 1. The van der Waals surface area contributed by atoms with Crippen LogP contribution >= 0.6 is 27.5 Å². The molecule has 0 aliphatic heterocycles. The second-order valence-corrected chi connectivity index (χ2v) is 5.53. The maximum absolute atomic E-state index is 6.20. The lowest BCUT2D eigenvalue weighted by molar-refractivity contribution is 1.04. The highest BCUT2D eigenvalue weighted by Crippen LogP contribution is 2.42. The van der Waals surface area contributed by atoms with E-state index >= 15 is 0 Å². The Balaban J connectivity index is 2.35. The first-order valence-electron chi connectivity index (χ1n) is 5.46. The Morgan fingerprint density at radius 1 is 1.41 bits per heavy atom. The van der Waals surface area contributed by atoms with E-state index in [0.29, 0.717) is 10.9 Å². The molecule has 0 bridgehead atoms. The first-order valence-corrected chi connectivity index (χ1v) is 6.63. The summed E-state index contributed by atoms with van der Waals surface area (Å²) in [5.74, 6) is 6.15. The van der Waals surface area contributed by atoms with Crippen molar-refractivity contribution in [2.75, 3.05) is 5.43 Å². The number of rotatable bonds is 2. The van der Waals surface area contributed by atoms with Crippen molar-refractivity contribution in [1.29, 1.82) is 0 Å².